The number of nitrogens with zero attached hydrogens (tertiary/aromatic N) is 1. The van der Waals surface area contributed by atoms with Gasteiger partial charge in [0, 0.05) is 16.9 Å². The van der Waals surface area contributed by atoms with Gasteiger partial charge in [-0.1, -0.05) is 6.08 Å². The van der Waals surface area contributed by atoms with Gasteiger partial charge in [-0.05, 0) is 13.0 Å². The molecule has 0 aromatic carbocycles. The van der Waals surface area contributed by atoms with E-state index in [1.165, 1.54) is 0 Å². The van der Waals surface area contributed by atoms with Gasteiger partial charge in [0.05, 0.1) is 6.42 Å². The molecular formula is C10H14NO+. The standard InChI is InChI=1S/C10H14NO/c1-3-7-10-8-5-6-9-11(10)12-4-2/h3,5-6,8-9H,1,4,7H2,2H3/q+1. The van der Waals surface area contributed by atoms with Crippen LogP contribution in [0.4, 0.5) is 0 Å². The number of rotatable bonds is 4. The van der Waals surface area contributed by atoms with Crippen LogP contribution in [-0.4, -0.2) is 6.61 Å². The second kappa shape index (κ2) is 4.54. The van der Waals surface area contributed by atoms with Crippen molar-refractivity contribution in [1.29, 1.82) is 0 Å². The molecule has 1 aromatic rings. The van der Waals surface area contributed by atoms with Crippen molar-refractivity contribution in [1.82, 2.24) is 0 Å². The Hall–Kier alpha value is -1.31. The smallest absolute Gasteiger partial charge is 0.238 e. The van der Waals surface area contributed by atoms with Gasteiger partial charge in [-0.25, -0.2) is 0 Å². The van der Waals surface area contributed by atoms with Crippen LogP contribution < -0.4 is 9.57 Å². The predicted molar refractivity (Wildman–Crippen MR) is 47.7 cm³/mol. The van der Waals surface area contributed by atoms with Crippen LogP contribution in [0, 0.1) is 0 Å². The molecule has 0 saturated heterocycles. The quantitative estimate of drug-likeness (QED) is 0.480. The minimum atomic E-state index is 0.679. The minimum absolute atomic E-state index is 0.679. The molecule has 0 aliphatic carbocycles. The number of hydrogen-bond donors (Lipinski definition) is 0. The van der Waals surface area contributed by atoms with Crippen molar-refractivity contribution in [3.63, 3.8) is 0 Å². The van der Waals surface area contributed by atoms with Crippen LogP contribution in [-0.2, 0) is 6.42 Å². The molecule has 64 valence electrons. The summed E-state index contributed by atoms with van der Waals surface area (Å²) in [7, 11) is 0. The van der Waals surface area contributed by atoms with E-state index < -0.39 is 0 Å². The summed E-state index contributed by atoms with van der Waals surface area (Å²) in [5.41, 5.74) is 1.12. The van der Waals surface area contributed by atoms with Crippen molar-refractivity contribution in [2.45, 2.75) is 13.3 Å². The molecule has 0 fully saturated rings. The Kier molecular flexibility index (Phi) is 3.33. The van der Waals surface area contributed by atoms with E-state index >= 15 is 0 Å². The van der Waals surface area contributed by atoms with Gasteiger partial charge < -0.3 is 0 Å². The summed E-state index contributed by atoms with van der Waals surface area (Å²) < 4.78 is 1.78. The van der Waals surface area contributed by atoms with Gasteiger partial charge in [0.25, 0.3) is 0 Å². The highest BCUT2D eigenvalue weighted by Gasteiger charge is 2.07. The average molecular weight is 164 g/mol. The van der Waals surface area contributed by atoms with Gasteiger partial charge in [0.1, 0.15) is 0 Å². The van der Waals surface area contributed by atoms with E-state index in [9.17, 15) is 0 Å². The van der Waals surface area contributed by atoms with Gasteiger partial charge in [-0.2, -0.15) is 0 Å². The Balaban J connectivity index is 2.83. The first-order valence-corrected chi connectivity index (χ1v) is 4.12. The van der Waals surface area contributed by atoms with Crippen molar-refractivity contribution in [3.05, 3.63) is 42.7 Å². The zero-order valence-electron chi connectivity index (χ0n) is 7.36. The molecule has 1 aromatic heterocycles. The van der Waals surface area contributed by atoms with Crippen molar-refractivity contribution in [2.24, 2.45) is 0 Å². The molecule has 0 aliphatic rings. The highest BCUT2D eigenvalue weighted by Crippen LogP contribution is 1.91. The molecule has 0 amide bonds. The Morgan fingerprint density at radius 1 is 1.58 bits per heavy atom. The number of pyridine rings is 1. The SMILES string of the molecule is C=CCc1cccc[n+]1OCC. The van der Waals surface area contributed by atoms with Crippen LogP contribution in [0.5, 0.6) is 0 Å². The highest BCUT2D eigenvalue weighted by molar-refractivity contribution is 5.00. The van der Waals surface area contributed by atoms with E-state index in [4.69, 9.17) is 4.84 Å². The lowest BCUT2D eigenvalue weighted by Gasteiger charge is -1.97. The fraction of sp³-hybridized carbons (Fsp3) is 0.300. The molecule has 0 aliphatic heterocycles. The van der Waals surface area contributed by atoms with Crippen molar-refractivity contribution < 1.29 is 9.57 Å². The third-order valence-corrected chi connectivity index (χ3v) is 1.53. The molecule has 2 nitrogen and oxygen atoms in total. The molecule has 0 spiro atoms. The summed E-state index contributed by atoms with van der Waals surface area (Å²) in [6.07, 6.45) is 4.61. The maximum Gasteiger partial charge on any atom is 0.238 e. The van der Waals surface area contributed by atoms with Crippen molar-refractivity contribution in [3.8, 4) is 0 Å². The fourth-order valence-corrected chi connectivity index (χ4v) is 1.03. The van der Waals surface area contributed by atoms with Crippen LogP contribution >= 0.6 is 0 Å². The van der Waals surface area contributed by atoms with E-state index in [0.717, 1.165) is 12.1 Å². The number of aromatic nitrogens is 1. The second-order valence-electron chi connectivity index (χ2n) is 2.43. The summed E-state index contributed by atoms with van der Waals surface area (Å²) in [5.74, 6) is 0. The molecule has 1 heterocycles. The summed E-state index contributed by atoms with van der Waals surface area (Å²) in [6, 6.07) is 5.97. The lowest BCUT2D eigenvalue weighted by atomic mass is 10.3. The third-order valence-electron chi connectivity index (χ3n) is 1.53. The number of hydrogen-bond acceptors (Lipinski definition) is 1. The predicted octanol–water partition coefficient (Wildman–Crippen LogP) is 1.15. The van der Waals surface area contributed by atoms with Crippen LogP contribution in [0.1, 0.15) is 12.6 Å². The molecule has 0 bridgehead atoms. The van der Waals surface area contributed by atoms with E-state index in [1.54, 1.807) is 4.73 Å². The van der Waals surface area contributed by atoms with Gasteiger partial charge in [-0.15, -0.1) is 6.58 Å². The molecule has 0 radical (unpaired) electrons. The van der Waals surface area contributed by atoms with Gasteiger partial charge in [0.2, 0.25) is 11.9 Å². The largest absolute Gasteiger partial charge is 0.271 e. The molecule has 0 N–H and O–H groups in total. The normalized spacial score (nSPS) is 9.42. The first-order chi connectivity index (χ1) is 5.88. The monoisotopic (exact) mass is 164 g/mol. The molecule has 1 rings (SSSR count). The zero-order valence-corrected chi connectivity index (χ0v) is 7.36. The number of allylic oxidation sites excluding steroid dienone is 1. The zero-order chi connectivity index (χ0) is 8.81. The maximum atomic E-state index is 5.36. The van der Waals surface area contributed by atoms with Crippen molar-refractivity contribution in [2.75, 3.05) is 6.61 Å². The van der Waals surface area contributed by atoms with Crippen molar-refractivity contribution >= 4 is 0 Å². The Morgan fingerprint density at radius 2 is 2.42 bits per heavy atom. The fourth-order valence-electron chi connectivity index (χ4n) is 1.03. The topological polar surface area (TPSA) is 13.1 Å². The first-order valence-electron chi connectivity index (χ1n) is 4.12. The summed E-state index contributed by atoms with van der Waals surface area (Å²) in [5, 5.41) is 0. The molecule has 0 atom stereocenters. The van der Waals surface area contributed by atoms with Crippen LogP contribution in [0.3, 0.4) is 0 Å². The van der Waals surface area contributed by atoms with Crippen LogP contribution in [0.25, 0.3) is 0 Å². The molecule has 0 unspecified atom stereocenters. The molecule has 0 saturated carbocycles. The van der Waals surface area contributed by atoms with Crippen LogP contribution in [0.15, 0.2) is 37.1 Å². The highest BCUT2D eigenvalue weighted by atomic mass is 16.7. The van der Waals surface area contributed by atoms with E-state index in [2.05, 4.69) is 6.58 Å². The van der Waals surface area contributed by atoms with Gasteiger partial charge >= 0.3 is 0 Å². The average Bonchev–Trinajstić information content (AvgIpc) is 2.09. The summed E-state index contributed by atoms with van der Waals surface area (Å²) in [4.78, 5) is 5.36. The van der Waals surface area contributed by atoms with E-state index in [0.29, 0.717) is 6.61 Å². The Morgan fingerprint density at radius 3 is 3.08 bits per heavy atom. The maximum absolute atomic E-state index is 5.36. The minimum Gasteiger partial charge on any atom is -0.271 e. The molecule has 2 heteroatoms. The van der Waals surface area contributed by atoms with E-state index in [-0.39, 0.29) is 0 Å². The third kappa shape index (κ3) is 2.09. The Bertz CT molecular complexity index is 258. The molecular weight excluding hydrogens is 150 g/mol. The van der Waals surface area contributed by atoms with Gasteiger partial charge in [0.15, 0.2) is 6.61 Å². The first kappa shape index (κ1) is 8.78. The van der Waals surface area contributed by atoms with Crippen LogP contribution in [0.2, 0.25) is 0 Å². The lowest BCUT2D eigenvalue weighted by molar-refractivity contribution is -0.895. The summed E-state index contributed by atoms with van der Waals surface area (Å²) in [6.45, 7) is 6.34. The van der Waals surface area contributed by atoms with E-state index in [1.807, 2.05) is 37.4 Å². The summed E-state index contributed by atoms with van der Waals surface area (Å²) >= 11 is 0. The molecule has 12 heavy (non-hydrogen) atoms. The Labute approximate surface area is 73.1 Å². The second-order valence-corrected chi connectivity index (χ2v) is 2.43. The lowest BCUT2D eigenvalue weighted by Crippen LogP contribution is -2.45. The van der Waals surface area contributed by atoms with Gasteiger partial charge in [-0.3, -0.25) is 4.84 Å².